The Morgan fingerprint density at radius 1 is 1.23 bits per heavy atom. The van der Waals surface area contributed by atoms with E-state index in [2.05, 4.69) is 15.0 Å². The molecule has 3 heterocycles. The van der Waals surface area contributed by atoms with Gasteiger partial charge in [0.25, 0.3) is 11.8 Å². The summed E-state index contributed by atoms with van der Waals surface area (Å²) in [7, 11) is 1.63. The van der Waals surface area contributed by atoms with Crippen molar-refractivity contribution in [2.75, 3.05) is 25.5 Å². The van der Waals surface area contributed by atoms with E-state index in [1.54, 1.807) is 11.9 Å². The summed E-state index contributed by atoms with van der Waals surface area (Å²) >= 11 is 6.07. The Hall–Kier alpha value is -2.94. The fourth-order valence-electron chi connectivity index (χ4n) is 3.70. The van der Waals surface area contributed by atoms with Crippen LogP contribution in [0.3, 0.4) is 0 Å². The van der Waals surface area contributed by atoms with Crippen LogP contribution in [0.5, 0.6) is 5.75 Å². The van der Waals surface area contributed by atoms with Gasteiger partial charge in [0.05, 0.1) is 29.2 Å². The lowest BCUT2D eigenvalue weighted by atomic mass is 10.1. The smallest absolute Gasteiger partial charge is 0.387 e. The number of nitrogens with one attached hydrogen (secondary N) is 1. The van der Waals surface area contributed by atoms with Crippen molar-refractivity contribution in [2.24, 2.45) is 0 Å². The van der Waals surface area contributed by atoms with Gasteiger partial charge < -0.3 is 19.9 Å². The van der Waals surface area contributed by atoms with Crippen molar-refractivity contribution in [3.05, 3.63) is 46.2 Å². The predicted octanol–water partition coefficient (Wildman–Crippen LogP) is 3.90. The van der Waals surface area contributed by atoms with Gasteiger partial charge in [0, 0.05) is 25.7 Å². The molecule has 0 aliphatic carbocycles. The fourth-order valence-corrected chi connectivity index (χ4v) is 3.91. The van der Waals surface area contributed by atoms with Crippen molar-refractivity contribution in [2.45, 2.75) is 26.0 Å². The number of amides is 2. The van der Waals surface area contributed by atoms with Crippen molar-refractivity contribution in [3.63, 3.8) is 0 Å². The third-order valence-corrected chi connectivity index (χ3v) is 5.31. The SMILES string of the molecule is CN1Cc2nc(Cl)cc(Nc3ccc(C(=O)N4CCCC4)cc3OC(F)F)c2C1=O. The first-order chi connectivity index (χ1) is 14.3. The molecule has 1 fully saturated rings. The summed E-state index contributed by atoms with van der Waals surface area (Å²) in [5.41, 5.74) is 1.58. The maximum absolute atomic E-state index is 13.0. The summed E-state index contributed by atoms with van der Waals surface area (Å²) in [6.07, 6.45) is 1.84. The fraction of sp³-hybridized carbons (Fsp3) is 0.350. The van der Waals surface area contributed by atoms with Gasteiger partial charge in [-0.3, -0.25) is 9.59 Å². The van der Waals surface area contributed by atoms with Gasteiger partial charge in [-0.1, -0.05) is 11.6 Å². The summed E-state index contributed by atoms with van der Waals surface area (Å²) < 4.78 is 30.7. The number of likely N-dealkylation sites (tertiary alicyclic amines) is 1. The molecule has 0 spiro atoms. The molecule has 1 N–H and O–H groups in total. The van der Waals surface area contributed by atoms with E-state index < -0.39 is 6.61 Å². The maximum Gasteiger partial charge on any atom is 0.387 e. The van der Waals surface area contributed by atoms with Crippen molar-refractivity contribution in [3.8, 4) is 5.75 Å². The molecule has 7 nitrogen and oxygen atoms in total. The number of aromatic nitrogens is 1. The molecule has 0 unspecified atom stereocenters. The molecule has 2 aliphatic heterocycles. The zero-order valence-electron chi connectivity index (χ0n) is 16.1. The van der Waals surface area contributed by atoms with Crippen LogP contribution < -0.4 is 10.1 Å². The van der Waals surface area contributed by atoms with Crippen LogP contribution in [0, 0.1) is 0 Å². The number of fused-ring (bicyclic) bond motifs is 1. The number of alkyl halides is 2. The second-order valence-electron chi connectivity index (χ2n) is 7.19. The molecule has 0 atom stereocenters. The monoisotopic (exact) mass is 436 g/mol. The highest BCUT2D eigenvalue weighted by Crippen LogP contribution is 2.36. The molecule has 4 rings (SSSR count). The highest BCUT2D eigenvalue weighted by molar-refractivity contribution is 6.30. The Labute approximate surface area is 176 Å². The molecular formula is C20H19ClF2N4O3. The molecule has 158 valence electrons. The average molecular weight is 437 g/mol. The van der Waals surface area contributed by atoms with Crippen molar-refractivity contribution in [1.82, 2.24) is 14.8 Å². The number of ether oxygens (including phenoxy) is 1. The van der Waals surface area contributed by atoms with Gasteiger partial charge in [0.1, 0.15) is 10.9 Å². The Kier molecular flexibility index (Phi) is 5.46. The lowest BCUT2D eigenvalue weighted by molar-refractivity contribution is -0.0494. The number of nitrogens with zero attached hydrogens (tertiary/aromatic N) is 3. The van der Waals surface area contributed by atoms with Crippen molar-refractivity contribution >= 4 is 34.8 Å². The van der Waals surface area contributed by atoms with E-state index in [0.29, 0.717) is 36.6 Å². The third-order valence-electron chi connectivity index (χ3n) is 5.12. The number of carbonyl (C=O) groups excluding carboxylic acids is 2. The van der Waals surface area contributed by atoms with E-state index in [-0.39, 0.29) is 34.0 Å². The highest BCUT2D eigenvalue weighted by Gasteiger charge is 2.30. The van der Waals surface area contributed by atoms with E-state index in [0.717, 1.165) is 12.8 Å². The molecule has 2 aliphatic rings. The average Bonchev–Trinajstić information content (AvgIpc) is 3.31. The van der Waals surface area contributed by atoms with Crippen molar-refractivity contribution in [1.29, 1.82) is 0 Å². The van der Waals surface area contributed by atoms with Gasteiger partial charge >= 0.3 is 6.61 Å². The van der Waals surface area contributed by atoms with Crippen LogP contribution in [-0.4, -0.2) is 53.3 Å². The second kappa shape index (κ2) is 8.06. The lowest BCUT2D eigenvalue weighted by Crippen LogP contribution is -2.27. The van der Waals surface area contributed by atoms with Gasteiger partial charge in [-0.25, -0.2) is 4.98 Å². The normalized spacial score (nSPS) is 15.7. The van der Waals surface area contributed by atoms with E-state index >= 15 is 0 Å². The number of anilines is 2. The summed E-state index contributed by atoms with van der Waals surface area (Å²) in [5.74, 6) is -0.688. The van der Waals surface area contributed by atoms with Gasteiger partial charge in [0.15, 0.2) is 0 Å². The molecule has 1 aromatic carbocycles. The first kappa shape index (κ1) is 20.3. The van der Waals surface area contributed by atoms with Crippen LogP contribution in [0.15, 0.2) is 24.3 Å². The molecule has 0 bridgehead atoms. The summed E-state index contributed by atoms with van der Waals surface area (Å²) in [5, 5.41) is 3.11. The minimum atomic E-state index is -3.08. The van der Waals surface area contributed by atoms with Gasteiger partial charge in [-0.15, -0.1) is 0 Å². The van der Waals surface area contributed by atoms with E-state index in [1.807, 2.05) is 0 Å². The van der Waals surface area contributed by atoms with Gasteiger partial charge in [-0.05, 0) is 37.1 Å². The highest BCUT2D eigenvalue weighted by atomic mass is 35.5. The number of carbonyl (C=O) groups is 2. The van der Waals surface area contributed by atoms with Crippen LogP contribution in [0.2, 0.25) is 5.15 Å². The number of halogens is 3. The van der Waals surface area contributed by atoms with Crippen LogP contribution in [-0.2, 0) is 6.54 Å². The lowest BCUT2D eigenvalue weighted by Gasteiger charge is -2.18. The van der Waals surface area contributed by atoms with E-state index in [1.165, 1.54) is 29.2 Å². The Bertz CT molecular complexity index is 1010. The van der Waals surface area contributed by atoms with Crippen LogP contribution in [0.4, 0.5) is 20.2 Å². The third kappa shape index (κ3) is 3.89. The minimum Gasteiger partial charge on any atom is -0.433 e. The molecule has 0 radical (unpaired) electrons. The van der Waals surface area contributed by atoms with Gasteiger partial charge in [0.2, 0.25) is 0 Å². The number of pyridine rings is 1. The largest absolute Gasteiger partial charge is 0.433 e. The van der Waals surface area contributed by atoms with Crippen LogP contribution >= 0.6 is 11.6 Å². The van der Waals surface area contributed by atoms with Crippen LogP contribution in [0.1, 0.15) is 39.3 Å². The quantitative estimate of drug-likeness (QED) is 0.719. The standard InChI is InChI=1S/C20H19ClF2N4O3/c1-26-10-14-17(19(26)29)13(9-16(21)25-14)24-12-5-4-11(8-15(12)30-20(22)23)18(28)27-6-2-3-7-27/h4-5,8-9,20H,2-3,6-7,10H2,1H3,(H,24,25). The Morgan fingerprint density at radius 3 is 2.67 bits per heavy atom. The molecule has 1 saturated heterocycles. The summed E-state index contributed by atoms with van der Waals surface area (Å²) in [6, 6.07) is 5.75. The molecule has 0 saturated carbocycles. The number of hydrogen-bond acceptors (Lipinski definition) is 5. The van der Waals surface area contributed by atoms with Crippen molar-refractivity contribution < 1.29 is 23.1 Å². The number of benzene rings is 1. The number of rotatable bonds is 5. The molecule has 1 aromatic heterocycles. The topological polar surface area (TPSA) is 74.8 Å². The second-order valence-corrected chi connectivity index (χ2v) is 7.58. The van der Waals surface area contributed by atoms with Gasteiger partial charge in [-0.2, -0.15) is 8.78 Å². The first-order valence-electron chi connectivity index (χ1n) is 9.43. The minimum absolute atomic E-state index is 0.163. The molecule has 30 heavy (non-hydrogen) atoms. The maximum atomic E-state index is 13.0. The Morgan fingerprint density at radius 2 is 1.97 bits per heavy atom. The summed E-state index contributed by atoms with van der Waals surface area (Å²) in [6.45, 7) is -1.50. The molecular weight excluding hydrogens is 418 g/mol. The molecule has 2 aromatic rings. The number of hydrogen-bond donors (Lipinski definition) is 1. The Balaban J connectivity index is 1.69. The predicted molar refractivity (Wildman–Crippen MR) is 107 cm³/mol. The zero-order valence-corrected chi connectivity index (χ0v) is 16.9. The zero-order chi connectivity index (χ0) is 21.4. The molecule has 10 heteroatoms. The summed E-state index contributed by atoms with van der Waals surface area (Å²) in [4.78, 5) is 32.4. The van der Waals surface area contributed by atoms with E-state index in [9.17, 15) is 18.4 Å². The van der Waals surface area contributed by atoms with E-state index in [4.69, 9.17) is 11.6 Å². The first-order valence-corrected chi connectivity index (χ1v) is 9.81. The molecule has 2 amide bonds. The van der Waals surface area contributed by atoms with Crippen LogP contribution in [0.25, 0.3) is 0 Å².